The molecular formula is C12H11BrF3NO4S. The summed E-state index contributed by atoms with van der Waals surface area (Å²) in [5.41, 5.74) is -1.26. The Bertz CT molecular complexity index is 705. The van der Waals surface area contributed by atoms with E-state index in [1.165, 1.54) is 6.07 Å². The third-order valence-electron chi connectivity index (χ3n) is 3.38. The molecule has 0 aromatic heterocycles. The molecule has 0 saturated carbocycles. The molecule has 5 nitrogen and oxygen atoms in total. The molecule has 1 aromatic carbocycles. The van der Waals surface area contributed by atoms with E-state index in [-0.39, 0.29) is 17.4 Å². The lowest BCUT2D eigenvalue weighted by Crippen LogP contribution is -2.30. The first-order valence-corrected chi connectivity index (χ1v) is 8.44. The quantitative estimate of drug-likeness (QED) is 0.809. The van der Waals surface area contributed by atoms with Gasteiger partial charge in [-0.15, -0.1) is 0 Å². The van der Waals surface area contributed by atoms with Crippen molar-refractivity contribution < 1.29 is 31.5 Å². The van der Waals surface area contributed by atoms with Crippen LogP contribution < -0.4 is 5.32 Å². The maximum atomic E-state index is 13.1. The normalized spacial score (nSPS) is 22.7. The molecule has 22 heavy (non-hydrogen) atoms. The molecule has 1 aliphatic rings. The molecule has 2 N–H and O–H groups in total. The van der Waals surface area contributed by atoms with E-state index in [2.05, 4.69) is 21.2 Å². The zero-order valence-electron chi connectivity index (χ0n) is 10.9. The van der Waals surface area contributed by atoms with Crippen molar-refractivity contribution in [3.05, 3.63) is 28.2 Å². The molecule has 2 rings (SSSR count). The van der Waals surface area contributed by atoms with Crippen molar-refractivity contribution in [3.8, 4) is 0 Å². The van der Waals surface area contributed by atoms with E-state index in [0.29, 0.717) is 6.07 Å². The van der Waals surface area contributed by atoms with Crippen molar-refractivity contribution in [2.45, 2.75) is 28.8 Å². The largest absolute Gasteiger partial charge is 0.480 e. The van der Waals surface area contributed by atoms with Gasteiger partial charge < -0.3 is 10.4 Å². The van der Waals surface area contributed by atoms with Crippen LogP contribution in [0.2, 0.25) is 0 Å². The summed E-state index contributed by atoms with van der Waals surface area (Å²) in [6.07, 6.45) is -5.10. The Morgan fingerprint density at radius 2 is 2.00 bits per heavy atom. The van der Waals surface area contributed by atoms with Crippen LogP contribution in [0.3, 0.4) is 0 Å². The monoisotopic (exact) mass is 401 g/mol. The third-order valence-corrected chi connectivity index (χ3v) is 6.08. The fourth-order valence-electron chi connectivity index (χ4n) is 2.28. The number of hydrogen-bond donors (Lipinski definition) is 2. The Labute approximate surface area is 132 Å². The van der Waals surface area contributed by atoms with Gasteiger partial charge in [0.15, 0.2) is 9.84 Å². The number of carbonyl (C=O) groups is 1. The molecule has 2 atom stereocenters. The Hall–Kier alpha value is -1.13. The van der Waals surface area contributed by atoms with Gasteiger partial charge in [-0.05, 0) is 24.6 Å². The van der Waals surface area contributed by atoms with E-state index in [1.807, 2.05) is 0 Å². The van der Waals surface area contributed by atoms with E-state index in [9.17, 15) is 26.4 Å². The molecule has 1 heterocycles. The van der Waals surface area contributed by atoms with E-state index in [1.54, 1.807) is 0 Å². The summed E-state index contributed by atoms with van der Waals surface area (Å²) < 4.78 is 64.1. The number of benzene rings is 1. The Morgan fingerprint density at radius 3 is 2.50 bits per heavy atom. The molecule has 1 aliphatic heterocycles. The number of nitrogens with one attached hydrogen (secondary N) is 1. The highest BCUT2D eigenvalue weighted by molar-refractivity contribution is 9.10. The first-order valence-electron chi connectivity index (χ1n) is 6.10. The van der Waals surface area contributed by atoms with E-state index < -0.39 is 43.7 Å². The van der Waals surface area contributed by atoms with Gasteiger partial charge in [0.25, 0.3) is 0 Å². The zero-order chi connectivity index (χ0) is 16.7. The Balaban J connectivity index is 2.45. The number of sulfone groups is 1. The van der Waals surface area contributed by atoms with Gasteiger partial charge in [0.1, 0.15) is 6.04 Å². The maximum absolute atomic E-state index is 13.1. The van der Waals surface area contributed by atoms with Crippen molar-refractivity contribution in [2.24, 2.45) is 0 Å². The fraction of sp³-hybridized carbons (Fsp3) is 0.417. The molecule has 0 unspecified atom stereocenters. The SMILES string of the molecule is O=C(O)[C@@H]1C[C@@H](S(=O)(=O)c2ccc(Br)cc2C(F)(F)F)CN1. The standard InChI is InChI=1S/C12H11BrF3NO4S/c13-6-1-2-10(8(3-6)12(14,15)16)22(20,21)7-4-9(11(18)19)17-5-7/h1-3,7,9,17H,4-5H2,(H,18,19)/t7-,9+/m1/s1. The smallest absolute Gasteiger partial charge is 0.417 e. The average Bonchev–Trinajstić information content (AvgIpc) is 2.87. The number of halogens is 4. The van der Waals surface area contributed by atoms with Crippen LogP contribution in [0.1, 0.15) is 12.0 Å². The molecule has 0 spiro atoms. The van der Waals surface area contributed by atoms with Crippen LogP contribution in [0.5, 0.6) is 0 Å². The van der Waals surface area contributed by atoms with Gasteiger partial charge in [0, 0.05) is 11.0 Å². The van der Waals surface area contributed by atoms with Crippen LogP contribution in [-0.2, 0) is 20.8 Å². The predicted octanol–water partition coefficient (Wildman–Crippen LogP) is 2.06. The number of alkyl halides is 3. The minimum atomic E-state index is -4.83. The number of carboxylic acid groups (broad SMARTS) is 1. The molecule has 0 amide bonds. The predicted molar refractivity (Wildman–Crippen MR) is 74.2 cm³/mol. The number of rotatable bonds is 3. The van der Waals surface area contributed by atoms with Crippen molar-refractivity contribution in [2.75, 3.05) is 6.54 Å². The molecule has 0 bridgehead atoms. The van der Waals surface area contributed by atoms with E-state index >= 15 is 0 Å². The first-order chi connectivity index (χ1) is 10.0. The maximum Gasteiger partial charge on any atom is 0.417 e. The third kappa shape index (κ3) is 3.28. The summed E-state index contributed by atoms with van der Waals surface area (Å²) in [5.74, 6) is -1.23. The highest BCUT2D eigenvalue weighted by Crippen LogP contribution is 2.38. The summed E-state index contributed by atoms with van der Waals surface area (Å²) in [6.45, 7) is -0.202. The van der Waals surface area contributed by atoms with Crippen LogP contribution >= 0.6 is 15.9 Å². The highest BCUT2D eigenvalue weighted by atomic mass is 79.9. The minimum Gasteiger partial charge on any atom is -0.480 e. The van der Waals surface area contributed by atoms with Crippen LogP contribution in [0.15, 0.2) is 27.6 Å². The first kappa shape index (κ1) is 17.2. The minimum absolute atomic E-state index is 0.103. The molecule has 1 fully saturated rings. The van der Waals surface area contributed by atoms with Crippen molar-refractivity contribution in [3.63, 3.8) is 0 Å². The zero-order valence-corrected chi connectivity index (χ0v) is 13.3. The Morgan fingerprint density at radius 1 is 1.36 bits per heavy atom. The molecule has 0 aliphatic carbocycles. The van der Waals surface area contributed by atoms with Crippen molar-refractivity contribution >= 4 is 31.7 Å². The van der Waals surface area contributed by atoms with E-state index in [0.717, 1.165) is 6.07 Å². The number of hydrogen-bond acceptors (Lipinski definition) is 4. The Kier molecular flexibility index (Phi) is 4.56. The van der Waals surface area contributed by atoms with Crippen LogP contribution in [0.25, 0.3) is 0 Å². The topological polar surface area (TPSA) is 83.5 Å². The average molecular weight is 402 g/mol. The van der Waals surface area contributed by atoms with Crippen molar-refractivity contribution in [1.82, 2.24) is 5.32 Å². The fourth-order valence-corrected chi connectivity index (χ4v) is 4.50. The van der Waals surface area contributed by atoms with Crippen LogP contribution in [0.4, 0.5) is 13.2 Å². The summed E-state index contributed by atoms with van der Waals surface area (Å²) in [4.78, 5) is 10.0. The molecular weight excluding hydrogens is 391 g/mol. The van der Waals surface area contributed by atoms with E-state index in [4.69, 9.17) is 5.11 Å². The molecule has 122 valence electrons. The number of aliphatic carboxylic acids is 1. The summed E-state index contributed by atoms with van der Waals surface area (Å²) >= 11 is 2.88. The van der Waals surface area contributed by atoms with Gasteiger partial charge >= 0.3 is 12.1 Å². The lowest BCUT2D eigenvalue weighted by molar-refractivity contribution is -0.140. The van der Waals surface area contributed by atoms with Gasteiger partial charge in [0.05, 0.1) is 15.7 Å². The van der Waals surface area contributed by atoms with Gasteiger partial charge in [-0.25, -0.2) is 8.42 Å². The lowest BCUT2D eigenvalue weighted by Gasteiger charge is -2.17. The molecule has 1 saturated heterocycles. The highest BCUT2D eigenvalue weighted by Gasteiger charge is 2.43. The summed E-state index contributed by atoms with van der Waals surface area (Å²) in [5, 5.41) is 10.1. The van der Waals surface area contributed by atoms with Crippen molar-refractivity contribution in [1.29, 1.82) is 0 Å². The van der Waals surface area contributed by atoms with Crippen LogP contribution in [-0.4, -0.2) is 37.3 Å². The second-order valence-electron chi connectivity index (χ2n) is 4.84. The molecule has 10 heteroatoms. The van der Waals surface area contributed by atoms with Gasteiger partial charge in [-0.3, -0.25) is 4.79 Å². The van der Waals surface area contributed by atoms with Gasteiger partial charge in [0.2, 0.25) is 0 Å². The summed E-state index contributed by atoms with van der Waals surface area (Å²) in [7, 11) is -4.30. The lowest BCUT2D eigenvalue weighted by atomic mass is 10.2. The molecule has 0 radical (unpaired) electrons. The van der Waals surface area contributed by atoms with Gasteiger partial charge in [-0.1, -0.05) is 15.9 Å². The second-order valence-corrected chi connectivity index (χ2v) is 7.95. The molecule has 1 aromatic rings. The second kappa shape index (κ2) is 5.82. The van der Waals surface area contributed by atoms with Gasteiger partial charge in [-0.2, -0.15) is 13.2 Å². The van der Waals surface area contributed by atoms with Crippen LogP contribution in [0, 0.1) is 0 Å². The number of carboxylic acids is 1. The summed E-state index contributed by atoms with van der Waals surface area (Å²) in [6, 6.07) is 1.71.